The Kier molecular flexibility index (Phi) is 2.91. The van der Waals surface area contributed by atoms with Gasteiger partial charge in [-0.05, 0) is 35.9 Å². The molecule has 0 aromatic heterocycles. The van der Waals surface area contributed by atoms with Crippen molar-refractivity contribution in [1.82, 2.24) is 5.32 Å². The average molecular weight is 193 g/mol. The second-order valence-electron chi connectivity index (χ2n) is 3.41. The summed E-state index contributed by atoms with van der Waals surface area (Å²) in [6.45, 7) is 2.20. The molecule has 0 saturated carbocycles. The molecule has 1 aliphatic heterocycles. The van der Waals surface area contributed by atoms with Crippen molar-refractivity contribution in [3.05, 3.63) is 34.9 Å². The van der Waals surface area contributed by atoms with Crippen LogP contribution in [0.3, 0.4) is 0 Å². The third kappa shape index (κ3) is 1.89. The second-order valence-corrected chi connectivity index (χ2v) is 4.28. The van der Waals surface area contributed by atoms with Gasteiger partial charge in [0.2, 0.25) is 0 Å². The van der Waals surface area contributed by atoms with E-state index in [-0.39, 0.29) is 0 Å². The molecule has 0 atom stereocenters. The quantitative estimate of drug-likeness (QED) is 0.772. The van der Waals surface area contributed by atoms with Crippen molar-refractivity contribution in [1.29, 1.82) is 0 Å². The minimum absolute atomic E-state index is 1.06. The van der Waals surface area contributed by atoms with Gasteiger partial charge in [0.15, 0.2) is 0 Å². The van der Waals surface area contributed by atoms with Gasteiger partial charge in [-0.2, -0.15) is 11.8 Å². The van der Waals surface area contributed by atoms with Gasteiger partial charge in [-0.3, -0.25) is 0 Å². The Morgan fingerprint density at radius 2 is 2.38 bits per heavy atom. The maximum Gasteiger partial charge on any atom is 0.0211 e. The molecule has 1 nitrogen and oxygen atoms in total. The van der Waals surface area contributed by atoms with Crippen molar-refractivity contribution in [3.63, 3.8) is 0 Å². The number of benzene rings is 1. The minimum Gasteiger partial charge on any atom is -0.312 e. The fraction of sp³-hybridized carbons (Fsp3) is 0.455. The Hall–Kier alpha value is -0.470. The maximum absolute atomic E-state index is 3.43. The average Bonchev–Trinajstić information content (AvgIpc) is 2.19. The number of fused-ring (bicyclic) bond motifs is 1. The fourth-order valence-corrected chi connectivity index (χ4v) is 2.46. The zero-order chi connectivity index (χ0) is 9.10. The van der Waals surface area contributed by atoms with Crippen molar-refractivity contribution in [3.8, 4) is 0 Å². The van der Waals surface area contributed by atoms with E-state index in [2.05, 4.69) is 29.8 Å². The molecule has 1 aromatic rings. The first-order chi connectivity index (χ1) is 6.42. The van der Waals surface area contributed by atoms with Gasteiger partial charge in [0.25, 0.3) is 0 Å². The van der Waals surface area contributed by atoms with Crippen molar-refractivity contribution >= 4 is 11.8 Å². The normalized spacial score (nSPS) is 15.5. The third-order valence-electron chi connectivity index (χ3n) is 2.54. The number of hydrogen-bond donors (Lipinski definition) is 1. The van der Waals surface area contributed by atoms with Gasteiger partial charge in [-0.1, -0.05) is 18.2 Å². The maximum atomic E-state index is 3.43. The Balaban J connectivity index is 2.34. The molecule has 2 rings (SSSR count). The molecule has 2 heteroatoms. The summed E-state index contributed by atoms with van der Waals surface area (Å²) in [5.74, 6) is 1.14. The van der Waals surface area contributed by atoms with Gasteiger partial charge >= 0.3 is 0 Å². The first-order valence-corrected chi connectivity index (χ1v) is 6.10. The number of hydrogen-bond acceptors (Lipinski definition) is 2. The highest BCUT2D eigenvalue weighted by Gasteiger charge is 2.11. The zero-order valence-corrected chi connectivity index (χ0v) is 8.79. The molecule has 1 aromatic carbocycles. The van der Waals surface area contributed by atoms with Crippen LogP contribution < -0.4 is 5.32 Å². The Labute approximate surface area is 83.9 Å². The summed E-state index contributed by atoms with van der Waals surface area (Å²) in [7, 11) is 0. The number of thioether (sulfide) groups is 1. The highest BCUT2D eigenvalue weighted by molar-refractivity contribution is 7.97. The van der Waals surface area contributed by atoms with Crippen molar-refractivity contribution in [2.45, 2.75) is 18.7 Å². The van der Waals surface area contributed by atoms with Crippen molar-refractivity contribution < 1.29 is 0 Å². The van der Waals surface area contributed by atoms with Crippen LogP contribution in [0.2, 0.25) is 0 Å². The van der Waals surface area contributed by atoms with Crippen LogP contribution in [0.4, 0.5) is 0 Å². The van der Waals surface area contributed by atoms with Gasteiger partial charge < -0.3 is 5.32 Å². The molecule has 0 saturated heterocycles. The van der Waals surface area contributed by atoms with Crippen molar-refractivity contribution in [2.24, 2.45) is 0 Å². The first-order valence-electron chi connectivity index (χ1n) is 4.71. The summed E-state index contributed by atoms with van der Waals surface area (Å²) in [6, 6.07) is 6.71. The number of rotatable bonds is 2. The predicted octanol–water partition coefficient (Wildman–Crippen LogP) is 2.20. The summed E-state index contributed by atoms with van der Waals surface area (Å²) in [5, 5.41) is 3.43. The van der Waals surface area contributed by atoms with E-state index in [0.717, 1.165) is 18.8 Å². The van der Waals surface area contributed by atoms with Crippen LogP contribution in [0.5, 0.6) is 0 Å². The van der Waals surface area contributed by atoms with E-state index in [1.54, 1.807) is 11.1 Å². The molecule has 0 spiro atoms. The van der Waals surface area contributed by atoms with Gasteiger partial charge in [0.1, 0.15) is 0 Å². The van der Waals surface area contributed by atoms with Crippen LogP contribution in [0.25, 0.3) is 0 Å². The topological polar surface area (TPSA) is 12.0 Å². The third-order valence-corrected chi connectivity index (χ3v) is 3.14. The van der Waals surface area contributed by atoms with E-state index in [4.69, 9.17) is 0 Å². The van der Waals surface area contributed by atoms with Crippen LogP contribution >= 0.6 is 11.8 Å². The Morgan fingerprint density at radius 3 is 3.23 bits per heavy atom. The van der Waals surface area contributed by atoms with Crippen LogP contribution in [-0.4, -0.2) is 12.8 Å². The molecular formula is C11H15NS. The monoisotopic (exact) mass is 193 g/mol. The van der Waals surface area contributed by atoms with Crippen LogP contribution in [0.1, 0.15) is 16.7 Å². The SMILES string of the molecule is CSCc1cccc2c1CNCC2. The second kappa shape index (κ2) is 4.16. The molecule has 0 amide bonds. The van der Waals surface area contributed by atoms with Gasteiger partial charge in [-0.15, -0.1) is 0 Å². The largest absolute Gasteiger partial charge is 0.312 e. The molecule has 1 N–H and O–H groups in total. The summed E-state index contributed by atoms with van der Waals surface area (Å²) in [5.41, 5.74) is 4.60. The van der Waals surface area contributed by atoms with E-state index in [9.17, 15) is 0 Å². The highest BCUT2D eigenvalue weighted by Crippen LogP contribution is 2.21. The summed E-state index contributed by atoms with van der Waals surface area (Å²) in [4.78, 5) is 0. The molecule has 70 valence electrons. The van der Waals surface area contributed by atoms with Crippen molar-refractivity contribution in [2.75, 3.05) is 12.8 Å². The smallest absolute Gasteiger partial charge is 0.0211 e. The molecule has 0 fully saturated rings. The van der Waals surface area contributed by atoms with Gasteiger partial charge in [-0.25, -0.2) is 0 Å². The van der Waals surface area contributed by atoms with E-state index < -0.39 is 0 Å². The first kappa shape index (κ1) is 9.10. The van der Waals surface area contributed by atoms with E-state index in [0.29, 0.717) is 0 Å². The lowest BCUT2D eigenvalue weighted by molar-refractivity contribution is 0.640. The van der Waals surface area contributed by atoms with Gasteiger partial charge in [0, 0.05) is 12.3 Å². The fourth-order valence-electron chi connectivity index (χ4n) is 1.88. The minimum atomic E-state index is 1.06. The summed E-state index contributed by atoms with van der Waals surface area (Å²) < 4.78 is 0. The van der Waals surface area contributed by atoms with E-state index in [1.165, 1.54) is 12.0 Å². The Bertz CT molecular complexity index is 296. The molecule has 0 bridgehead atoms. The van der Waals surface area contributed by atoms with Crippen LogP contribution in [0, 0.1) is 0 Å². The Morgan fingerprint density at radius 1 is 1.46 bits per heavy atom. The molecule has 1 aliphatic rings. The lowest BCUT2D eigenvalue weighted by Gasteiger charge is -2.19. The molecule has 0 aliphatic carbocycles. The van der Waals surface area contributed by atoms with Gasteiger partial charge in [0.05, 0.1) is 0 Å². The molecule has 13 heavy (non-hydrogen) atoms. The zero-order valence-electron chi connectivity index (χ0n) is 7.97. The van der Waals surface area contributed by atoms with E-state index >= 15 is 0 Å². The molecule has 0 unspecified atom stereocenters. The molecular weight excluding hydrogens is 178 g/mol. The standard InChI is InChI=1S/C11H15NS/c1-13-8-10-4-2-3-9-5-6-12-7-11(9)10/h2-4,12H,5-8H2,1H3. The highest BCUT2D eigenvalue weighted by atomic mass is 32.2. The molecule has 1 heterocycles. The summed E-state index contributed by atoms with van der Waals surface area (Å²) >= 11 is 1.90. The predicted molar refractivity (Wildman–Crippen MR) is 59.1 cm³/mol. The number of nitrogens with one attached hydrogen (secondary N) is 1. The van der Waals surface area contributed by atoms with Crippen LogP contribution in [0.15, 0.2) is 18.2 Å². The lowest BCUT2D eigenvalue weighted by atomic mass is 9.97. The molecule has 0 radical (unpaired) electrons. The summed E-state index contributed by atoms with van der Waals surface area (Å²) in [6.07, 6.45) is 3.35. The van der Waals surface area contributed by atoms with Crippen LogP contribution in [-0.2, 0) is 18.7 Å². The lowest BCUT2D eigenvalue weighted by Crippen LogP contribution is -2.24. The van der Waals surface area contributed by atoms with E-state index in [1.807, 2.05) is 11.8 Å².